The van der Waals surface area contributed by atoms with Crippen LogP contribution in [0.15, 0.2) is 24.3 Å². The Kier molecular flexibility index (Phi) is 5.59. The number of ether oxygens (including phenoxy) is 1. The standard InChI is InChI=1S/C17H24FNO2/c1-2-21-16(20)17(12-6-4-3-5-7-13-17)19-15-10-8-14(18)9-11-15/h8-11,19H,2-7,12-13H2,1H3. The molecule has 1 N–H and O–H groups in total. The Morgan fingerprint density at radius 2 is 1.71 bits per heavy atom. The van der Waals surface area contributed by atoms with Crippen molar-refractivity contribution in [1.29, 1.82) is 0 Å². The quantitative estimate of drug-likeness (QED) is 0.842. The van der Waals surface area contributed by atoms with Gasteiger partial charge in [0.1, 0.15) is 11.4 Å². The molecule has 21 heavy (non-hydrogen) atoms. The van der Waals surface area contributed by atoms with Gasteiger partial charge in [-0.1, -0.05) is 32.1 Å². The zero-order chi connectivity index (χ0) is 15.1. The van der Waals surface area contributed by atoms with Crippen molar-refractivity contribution < 1.29 is 13.9 Å². The van der Waals surface area contributed by atoms with E-state index in [0.717, 1.165) is 44.2 Å². The normalized spacial score (nSPS) is 18.4. The van der Waals surface area contributed by atoms with Crippen molar-refractivity contribution in [2.45, 2.75) is 57.4 Å². The van der Waals surface area contributed by atoms with E-state index in [2.05, 4.69) is 5.32 Å². The molecule has 0 aliphatic heterocycles. The smallest absolute Gasteiger partial charge is 0.331 e. The molecule has 0 unspecified atom stereocenters. The van der Waals surface area contributed by atoms with Gasteiger partial charge in [0.15, 0.2) is 0 Å². The predicted molar refractivity (Wildman–Crippen MR) is 81.7 cm³/mol. The average molecular weight is 293 g/mol. The summed E-state index contributed by atoms with van der Waals surface area (Å²) in [6.07, 6.45) is 7.07. The highest BCUT2D eigenvalue weighted by Crippen LogP contribution is 2.31. The summed E-state index contributed by atoms with van der Waals surface area (Å²) < 4.78 is 18.3. The van der Waals surface area contributed by atoms with E-state index in [1.165, 1.54) is 18.6 Å². The molecule has 1 aliphatic rings. The Bertz CT molecular complexity index is 450. The fourth-order valence-corrected chi connectivity index (χ4v) is 2.97. The Labute approximate surface area is 125 Å². The monoisotopic (exact) mass is 293 g/mol. The third-order valence-corrected chi connectivity index (χ3v) is 4.10. The molecule has 1 saturated carbocycles. The van der Waals surface area contributed by atoms with E-state index in [-0.39, 0.29) is 11.8 Å². The lowest BCUT2D eigenvalue weighted by molar-refractivity contribution is -0.149. The summed E-state index contributed by atoms with van der Waals surface area (Å²) in [6, 6.07) is 6.17. The molecule has 0 radical (unpaired) electrons. The highest BCUT2D eigenvalue weighted by atomic mass is 19.1. The molecule has 0 amide bonds. The zero-order valence-corrected chi connectivity index (χ0v) is 12.7. The van der Waals surface area contributed by atoms with Crippen molar-refractivity contribution in [3.8, 4) is 0 Å². The highest BCUT2D eigenvalue weighted by Gasteiger charge is 2.39. The van der Waals surface area contributed by atoms with E-state index < -0.39 is 5.54 Å². The lowest BCUT2D eigenvalue weighted by Gasteiger charge is -2.35. The molecule has 116 valence electrons. The molecule has 0 saturated heterocycles. The van der Waals surface area contributed by atoms with E-state index in [0.29, 0.717) is 6.61 Å². The van der Waals surface area contributed by atoms with E-state index >= 15 is 0 Å². The second kappa shape index (κ2) is 7.43. The van der Waals surface area contributed by atoms with Crippen molar-refractivity contribution in [2.75, 3.05) is 11.9 Å². The lowest BCUT2D eigenvalue weighted by Crippen LogP contribution is -2.48. The molecule has 1 aliphatic carbocycles. The molecule has 0 atom stereocenters. The first-order valence-electron chi connectivity index (χ1n) is 7.87. The SMILES string of the molecule is CCOC(=O)C1(Nc2ccc(F)cc2)CCCCCCC1. The summed E-state index contributed by atoms with van der Waals surface area (Å²) in [6.45, 7) is 2.21. The molecule has 3 nitrogen and oxygen atoms in total. The summed E-state index contributed by atoms with van der Waals surface area (Å²) >= 11 is 0. The fourth-order valence-electron chi connectivity index (χ4n) is 2.97. The Morgan fingerprint density at radius 1 is 1.14 bits per heavy atom. The first-order valence-corrected chi connectivity index (χ1v) is 7.87. The molecule has 0 bridgehead atoms. The minimum absolute atomic E-state index is 0.184. The average Bonchev–Trinajstić information content (AvgIpc) is 2.44. The molecule has 0 aromatic heterocycles. The number of benzene rings is 1. The minimum atomic E-state index is -0.672. The summed E-state index contributed by atoms with van der Waals surface area (Å²) in [4.78, 5) is 12.5. The van der Waals surface area contributed by atoms with Crippen LogP contribution in [0.1, 0.15) is 51.9 Å². The number of carbonyl (C=O) groups is 1. The van der Waals surface area contributed by atoms with Crippen molar-refractivity contribution in [1.82, 2.24) is 0 Å². The topological polar surface area (TPSA) is 38.3 Å². The molecule has 4 heteroatoms. The summed E-state index contributed by atoms with van der Waals surface area (Å²) in [5.41, 5.74) is 0.0962. The van der Waals surface area contributed by atoms with Gasteiger partial charge in [0, 0.05) is 5.69 Å². The van der Waals surface area contributed by atoms with Gasteiger partial charge >= 0.3 is 5.97 Å². The summed E-state index contributed by atoms with van der Waals surface area (Å²) in [5.74, 6) is -0.459. The second-order valence-electron chi connectivity index (χ2n) is 5.70. The number of nitrogens with one attached hydrogen (secondary N) is 1. The van der Waals surface area contributed by atoms with Gasteiger partial charge in [-0.05, 0) is 44.0 Å². The summed E-state index contributed by atoms with van der Waals surface area (Å²) in [5, 5.41) is 3.33. The number of halogens is 1. The number of carbonyl (C=O) groups excluding carboxylic acids is 1. The van der Waals surface area contributed by atoms with Gasteiger partial charge in [0.2, 0.25) is 0 Å². The first-order chi connectivity index (χ1) is 10.2. The minimum Gasteiger partial charge on any atom is -0.464 e. The van der Waals surface area contributed by atoms with Crippen LogP contribution in [-0.2, 0) is 9.53 Å². The molecule has 1 fully saturated rings. The first kappa shape index (κ1) is 15.8. The van der Waals surface area contributed by atoms with Gasteiger partial charge in [0.25, 0.3) is 0 Å². The van der Waals surface area contributed by atoms with Crippen molar-refractivity contribution in [3.63, 3.8) is 0 Å². The number of esters is 1. The van der Waals surface area contributed by atoms with E-state index in [9.17, 15) is 9.18 Å². The second-order valence-corrected chi connectivity index (χ2v) is 5.70. The van der Waals surface area contributed by atoms with Gasteiger partial charge in [-0.2, -0.15) is 0 Å². The Balaban J connectivity index is 2.20. The molecular formula is C17H24FNO2. The van der Waals surface area contributed by atoms with E-state index in [4.69, 9.17) is 4.74 Å². The molecule has 0 heterocycles. The summed E-state index contributed by atoms with van der Waals surface area (Å²) in [7, 11) is 0. The van der Waals surface area contributed by atoms with Crippen LogP contribution in [0.25, 0.3) is 0 Å². The van der Waals surface area contributed by atoms with Gasteiger partial charge in [0.05, 0.1) is 6.61 Å². The zero-order valence-electron chi connectivity index (χ0n) is 12.7. The van der Waals surface area contributed by atoms with Gasteiger partial charge in [-0.25, -0.2) is 9.18 Å². The maximum absolute atomic E-state index is 13.0. The van der Waals surface area contributed by atoms with Crippen LogP contribution in [0.4, 0.5) is 10.1 Å². The van der Waals surface area contributed by atoms with Gasteiger partial charge in [-0.15, -0.1) is 0 Å². The van der Waals surface area contributed by atoms with Crippen LogP contribution in [0.3, 0.4) is 0 Å². The molecule has 1 aromatic rings. The van der Waals surface area contributed by atoms with Crippen LogP contribution in [-0.4, -0.2) is 18.1 Å². The largest absolute Gasteiger partial charge is 0.464 e. The lowest BCUT2D eigenvalue weighted by atomic mass is 9.83. The maximum Gasteiger partial charge on any atom is 0.331 e. The van der Waals surface area contributed by atoms with Crippen LogP contribution < -0.4 is 5.32 Å². The number of hydrogen-bond acceptors (Lipinski definition) is 3. The van der Waals surface area contributed by atoms with Crippen LogP contribution in [0, 0.1) is 5.82 Å². The Morgan fingerprint density at radius 3 is 2.29 bits per heavy atom. The third kappa shape index (κ3) is 4.19. The maximum atomic E-state index is 13.0. The Hall–Kier alpha value is -1.58. The van der Waals surface area contributed by atoms with Crippen LogP contribution in [0.5, 0.6) is 0 Å². The fraction of sp³-hybridized carbons (Fsp3) is 0.588. The number of rotatable bonds is 4. The highest BCUT2D eigenvalue weighted by molar-refractivity contribution is 5.84. The van der Waals surface area contributed by atoms with Crippen molar-refractivity contribution in [3.05, 3.63) is 30.1 Å². The molecule has 1 aromatic carbocycles. The van der Waals surface area contributed by atoms with Crippen LogP contribution >= 0.6 is 0 Å². The van der Waals surface area contributed by atoms with Gasteiger partial charge in [-0.3, -0.25) is 0 Å². The number of anilines is 1. The molecule has 2 rings (SSSR count). The van der Waals surface area contributed by atoms with E-state index in [1.807, 2.05) is 6.92 Å². The van der Waals surface area contributed by atoms with Gasteiger partial charge < -0.3 is 10.1 Å². The predicted octanol–water partition coefficient (Wildman–Crippen LogP) is 4.28. The number of hydrogen-bond donors (Lipinski definition) is 1. The molecular weight excluding hydrogens is 269 g/mol. The van der Waals surface area contributed by atoms with Crippen LogP contribution in [0.2, 0.25) is 0 Å². The van der Waals surface area contributed by atoms with Crippen molar-refractivity contribution in [2.24, 2.45) is 0 Å². The van der Waals surface area contributed by atoms with Crippen molar-refractivity contribution >= 4 is 11.7 Å². The van der Waals surface area contributed by atoms with E-state index in [1.54, 1.807) is 12.1 Å². The third-order valence-electron chi connectivity index (χ3n) is 4.10. The molecule has 0 spiro atoms.